The standard InChI is InChI=1S/C10H10N4OS/c11-5-7-2-1-3-8(4-7)14-9(15)6-16-10(12)13/h1-4H,6H2,(H3,12,13)(H,14,15). The Morgan fingerprint density at radius 1 is 1.62 bits per heavy atom. The van der Waals surface area contributed by atoms with E-state index in [1.165, 1.54) is 0 Å². The van der Waals surface area contributed by atoms with E-state index in [0.717, 1.165) is 11.8 Å². The van der Waals surface area contributed by atoms with Crippen molar-refractivity contribution in [3.63, 3.8) is 0 Å². The molecule has 0 aromatic heterocycles. The van der Waals surface area contributed by atoms with E-state index >= 15 is 0 Å². The van der Waals surface area contributed by atoms with Crippen molar-refractivity contribution in [1.29, 1.82) is 10.7 Å². The fourth-order valence-electron chi connectivity index (χ4n) is 1.01. The highest BCUT2D eigenvalue weighted by molar-refractivity contribution is 8.14. The lowest BCUT2D eigenvalue weighted by molar-refractivity contribution is -0.113. The van der Waals surface area contributed by atoms with Crippen LogP contribution in [0.5, 0.6) is 0 Å². The minimum Gasteiger partial charge on any atom is -0.379 e. The van der Waals surface area contributed by atoms with Gasteiger partial charge in [0, 0.05) is 5.69 Å². The van der Waals surface area contributed by atoms with Crippen LogP contribution in [0, 0.1) is 16.7 Å². The first-order valence-electron chi connectivity index (χ1n) is 4.38. The van der Waals surface area contributed by atoms with Crippen LogP contribution in [0.15, 0.2) is 24.3 Å². The largest absolute Gasteiger partial charge is 0.379 e. The predicted octanol–water partition coefficient (Wildman–Crippen LogP) is 1.12. The van der Waals surface area contributed by atoms with Gasteiger partial charge in [0.25, 0.3) is 0 Å². The second kappa shape index (κ2) is 5.78. The third-order valence-corrected chi connectivity index (χ3v) is 2.35. The number of hydrogen-bond donors (Lipinski definition) is 3. The Hall–Kier alpha value is -2.00. The summed E-state index contributed by atoms with van der Waals surface area (Å²) in [6.45, 7) is 0. The first-order valence-corrected chi connectivity index (χ1v) is 5.37. The first kappa shape index (κ1) is 12.1. The van der Waals surface area contributed by atoms with E-state index in [9.17, 15) is 4.79 Å². The van der Waals surface area contributed by atoms with E-state index in [4.69, 9.17) is 16.4 Å². The number of rotatable bonds is 3. The minimum atomic E-state index is -0.254. The molecule has 0 aliphatic heterocycles. The molecule has 0 saturated heterocycles. The summed E-state index contributed by atoms with van der Waals surface area (Å²) in [6, 6.07) is 8.59. The van der Waals surface area contributed by atoms with Gasteiger partial charge in [0.1, 0.15) is 0 Å². The van der Waals surface area contributed by atoms with Crippen LogP contribution in [0.1, 0.15) is 5.56 Å². The van der Waals surface area contributed by atoms with Crippen molar-refractivity contribution in [3.05, 3.63) is 29.8 Å². The van der Waals surface area contributed by atoms with Gasteiger partial charge in [-0.3, -0.25) is 10.2 Å². The second-order valence-electron chi connectivity index (χ2n) is 2.89. The fourth-order valence-corrected chi connectivity index (χ4v) is 1.37. The number of carbonyl (C=O) groups is 1. The van der Waals surface area contributed by atoms with Gasteiger partial charge in [0.05, 0.1) is 17.4 Å². The summed E-state index contributed by atoms with van der Waals surface area (Å²) in [7, 11) is 0. The molecule has 0 atom stereocenters. The molecule has 1 aromatic rings. The molecule has 0 bridgehead atoms. The summed E-state index contributed by atoms with van der Waals surface area (Å²) in [4.78, 5) is 11.3. The molecule has 0 heterocycles. The van der Waals surface area contributed by atoms with Gasteiger partial charge in [-0.1, -0.05) is 17.8 Å². The normalized spacial score (nSPS) is 9.19. The second-order valence-corrected chi connectivity index (χ2v) is 3.91. The lowest BCUT2D eigenvalue weighted by atomic mass is 10.2. The summed E-state index contributed by atoms with van der Waals surface area (Å²) >= 11 is 0.953. The molecule has 0 saturated carbocycles. The first-order chi connectivity index (χ1) is 7.61. The molecule has 0 aliphatic rings. The molecule has 0 spiro atoms. The zero-order chi connectivity index (χ0) is 12.0. The molecule has 1 aromatic carbocycles. The minimum absolute atomic E-state index is 0.0894. The highest BCUT2D eigenvalue weighted by atomic mass is 32.2. The van der Waals surface area contributed by atoms with Gasteiger partial charge in [-0.05, 0) is 18.2 Å². The van der Waals surface area contributed by atoms with Crippen molar-refractivity contribution >= 4 is 28.5 Å². The van der Waals surface area contributed by atoms with Crippen LogP contribution in [0.25, 0.3) is 0 Å². The number of amidine groups is 1. The summed E-state index contributed by atoms with van der Waals surface area (Å²) in [5, 5.41) is 18.1. The molecular formula is C10H10N4OS. The molecule has 16 heavy (non-hydrogen) atoms. The number of nitrogens with zero attached hydrogens (tertiary/aromatic N) is 1. The molecule has 82 valence electrons. The van der Waals surface area contributed by atoms with E-state index in [0.29, 0.717) is 11.3 Å². The Bertz CT molecular complexity index is 452. The number of amides is 1. The van der Waals surface area contributed by atoms with Crippen molar-refractivity contribution in [1.82, 2.24) is 0 Å². The van der Waals surface area contributed by atoms with Crippen molar-refractivity contribution in [3.8, 4) is 6.07 Å². The van der Waals surface area contributed by atoms with E-state index in [-0.39, 0.29) is 16.8 Å². The molecule has 0 aliphatic carbocycles. The molecule has 6 heteroatoms. The Labute approximate surface area is 97.1 Å². The SMILES string of the molecule is N#Cc1cccc(NC(=O)CSC(=N)N)c1. The van der Waals surface area contributed by atoms with Crippen molar-refractivity contribution in [2.45, 2.75) is 0 Å². The summed E-state index contributed by atoms with van der Waals surface area (Å²) in [5.41, 5.74) is 6.15. The van der Waals surface area contributed by atoms with Gasteiger partial charge in [-0.15, -0.1) is 0 Å². The monoisotopic (exact) mass is 234 g/mol. The van der Waals surface area contributed by atoms with Gasteiger partial charge in [0.2, 0.25) is 5.91 Å². The van der Waals surface area contributed by atoms with E-state index < -0.39 is 0 Å². The molecule has 4 N–H and O–H groups in total. The van der Waals surface area contributed by atoms with E-state index in [2.05, 4.69) is 5.32 Å². The molecular weight excluding hydrogens is 224 g/mol. The van der Waals surface area contributed by atoms with E-state index in [1.807, 2.05) is 6.07 Å². The van der Waals surface area contributed by atoms with Crippen LogP contribution in [-0.2, 0) is 4.79 Å². The van der Waals surface area contributed by atoms with Gasteiger partial charge >= 0.3 is 0 Å². The van der Waals surface area contributed by atoms with Gasteiger partial charge in [-0.2, -0.15) is 5.26 Å². The predicted molar refractivity (Wildman–Crippen MR) is 64.2 cm³/mol. The number of anilines is 1. The number of thioether (sulfide) groups is 1. The average molecular weight is 234 g/mol. The quantitative estimate of drug-likeness (QED) is 0.538. The van der Waals surface area contributed by atoms with Crippen LogP contribution in [0.4, 0.5) is 5.69 Å². The van der Waals surface area contributed by atoms with Gasteiger partial charge in [-0.25, -0.2) is 0 Å². The number of benzene rings is 1. The van der Waals surface area contributed by atoms with Crippen LogP contribution in [-0.4, -0.2) is 16.8 Å². The number of hydrogen-bond acceptors (Lipinski definition) is 4. The Balaban J connectivity index is 2.56. The third kappa shape index (κ3) is 4.02. The zero-order valence-corrected chi connectivity index (χ0v) is 9.17. The molecule has 0 radical (unpaired) electrons. The maximum Gasteiger partial charge on any atom is 0.234 e. The maximum absolute atomic E-state index is 11.3. The van der Waals surface area contributed by atoms with Crippen LogP contribution in [0.3, 0.4) is 0 Å². The summed E-state index contributed by atoms with van der Waals surface area (Å²) in [6.07, 6.45) is 0. The molecule has 0 unspecified atom stereocenters. The maximum atomic E-state index is 11.3. The third-order valence-electron chi connectivity index (χ3n) is 1.63. The Morgan fingerprint density at radius 3 is 3.00 bits per heavy atom. The molecule has 0 fully saturated rings. The van der Waals surface area contributed by atoms with E-state index in [1.54, 1.807) is 24.3 Å². The fraction of sp³-hybridized carbons (Fsp3) is 0.100. The Morgan fingerprint density at radius 2 is 2.38 bits per heavy atom. The van der Waals surface area contributed by atoms with Crippen molar-refractivity contribution in [2.75, 3.05) is 11.1 Å². The topological polar surface area (TPSA) is 103 Å². The van der Waals surface area contributed by atoms with Crippen molar-refractivity contribution < 1.29 is 4.79 Å². The van der Waals surface area contributed by atoms with Gasteiger partial charge < -0.3 is 11.1 Å². The lowest BCUT2D eigenvalue weighted by Crippen LogP contribution is -2.17. The van der Waals surface area contributed by atoms with Crippen molar-refractivity contribution in [2.24, 2.45) is 5.73 Å². The Kier molecular flexibility index (Phi) is 4.36. The highest BCUT2D eigenvalue weighted by Gasteiger charge is 2.03. The summed E-state index contributed by atoms with van der Waals surface area (Å²) < 4.78 is 0. The highest BCUT2D eigenvalue weighted by Crippen LogP contribution is 2.10. The number of nitrogens with one attached hydrogen (secondary N) is 2. The van der Waals surface area contributed by atoms with Crippen LogP contribution < -0.4 is 11.1 Å². The van der Waals surface area contributed by atoms with Crippen LogP contribution >= 0.6 is 11.8 Å². The molecule has 1 amide bonds. The number of nitriles is 1. The number of carbonyl (C=O) groups excluding carboxylic acids is 1. The molecule has 1 rings (SSSR count). The van der Waals surface area contributed by atoms with Crippen LogP contribution in [0.2, 0.25) is 0 Å². The average Bonchev–Trinajstić information content (AvgIpc) is 2.26. The lowest BCUT2D eigenvalue weighted by Gasteiger charge is -2.04. The zero-order valence-electron chi connectivity index (χ0n) is 8.36. The molecule has 5 nitrogen and oxygen atoms in total. The van der Waals surface area contributed by atoms with Gasteiger partial charge in [0.15, 0.2) is 5.17 Å². The summed E-state index contributed by atoms with van der Waals surface area (Å²) in [5.74, 6) is -0.165. The smallest absolute Gasteiger partial charge is 0.234 e. The number of nitrogens with two attached hydrogens (primary N) is 1.